The van der Waals surface area contributed by atoms with Crippen molar-refractivity contribution in [1.82, 2.24) is 9.78 Å². The van der Waals surface area contributed by atoms with Crippen LogP contribution in [-0.2, 0) is 11.3 Å². The largest absolute Gasteiger partial charge is 0.378 e. The van der Waals surface area contributed by atoms with Crippen LogP contribution in [0.25, 0.3) is 0 Å². The molecule has 1 unspecified atom stereocenters. The minimum absolute atomic E-state index is 0.00978. The monoisotopic (exact) mass is 266 g/mol. The van der Waals surface area contributed by atoms with Crippen LogP contribution in [0.1, 0.15) is 19.8 Å². The fourth-order valence-electron chi connectivity index (χ4n) is 2.24. The Balaban J connectivity index is 2.06. The molecule has 1 aliphatic rings. The van der Waals surface area contributed by atoms with Crippen LogP contribution in [-0.4, -0.2) is 42.1 Å². The summed E-state index contributed by atoms with van der Waals surface area (Å²) in [5.41, 5.74) is 6.72. The molecule has 6 nitrogen and oxygen atoms in total. The van der Waals surface area contributed by atoms with Gasteiger partial charge in [0.2, 0.25) is 0 Å². The number of nitrogens with zero attached hydrogens (tertiary/aromatic N) is 3. The van der Waals surface area contributed by atoms with E-state index in [1.54, 1.807) is 12.3 Å². The van der Waals surface area contributed by atoms with Crippen molar-refractivity contribution in [3.05, 3.63) is 22.6 Å². The first-order valence-corrected chi connectivity index (χ1v) is 6.86. The van der Waals surface area contributed by atoms with Crippen molar-refractivity contribution in [3.63, 3.8) is 0 Å². The maximum atomic E-state index is 12.0. The lowest BCUT2D eigenvalue weighted by Crippen LogP contribution is -2.38. The topological polar surface area (TPSA) is 73.4 Å². The van der Waals surface area contributed by atoms with Crippen molar-refractivity contribution in [1.29, 1.82) is 0 Å². The van der Waals surface area contributed by atoms with E-state index in [-0.39, 0.29) is 11.6 Å². The SMILES string of the molecule is CCCC(N)Cn1ncc(N2CCOCC2)cc1=O. The molecular weight excluding hydrogens is 244 g/mol. The van der Waals surface area contributed by atoms with Gasteiger partial charge in [-0.1, -0.05) is 13.3 Å². The summed E-state index contributed by atoms with van der Waals surface area (Å²) in [5, 5.41) is 4.22. The van der Waals surface area contributed by atoms with E-state index in [0.717, 1.165) is 31.6 Å². The third-order valence-electron chi connectivity index (χ3n) is 3.30. The molecule has 0 aromatic carbocycles. The smallest absolute Gasteiger partial charge is 0.268 e. The standard InChI is InChI=1S/C13H22N4O2/c1-2-3-11(14)10-17-13(18)8-12(9-15-17)16-4-6-19-7-5-16/h8-9,11H,2-7,10,14H2,1H3. The van der Waals surface area contributed by atoms with Crippen LogP contribution < -0.4 is 16.2 Å². The molecule has 2 N–H and O–H groups in total. The average Bonchev–Trinajstić information content (AvgIpc) is 2.42. The second-order valence-electron chi connectivity index (χ2n) is 4.88. The zero-order valence-corrected chi connectivity index (χ0v) is 11.4. The fraction of sp³-hybridized carbons (Fsp3) is 0.692. The van der Waals surface area contributed by atoms with Crippen molar-refractivity contribution in [2.45, 2.75) is 32.4 Å². The number of hydrogen-bond acceptors (Lipinski definition) is 5. The highest BCUT2D eigenvalue weighted by Crippen LogP contribution is 2.11. The molecule has 1 aliphatic heterocycles. The number of rotatable bonds is 5. The van der Waals surface area contributed by atoms with Crippen LogP contribution in [0.15, 0.2) is 17.1 Å². The summed E-state index contributed by atoms with van der Waals surface area (Å²) in [6.07, 6.45) is 3.66. The molecule has 106 valence electrons. The Bertz CT molecular complexity index is 454. The first-order chi connectivity index (χ1) is 9.20. The van der Waals surface area contributed by atoms with Gasteiger partial charge in [-0.2, -0.15) is 5.10 Å². The number of hydrogen-bond donors (Lipinski definition) is 1. The first-order valence-electron chi connectivity index (χ1n) is 6.86. The summed E-state index contributed by atoms with van der Waals surface area (Å²) in [7, 11) is 0. The Labute approximate surface area is 113 Å². The highest BCUT2D eigenvalue weighted by atomic mass is 16.5. The van der Waals surface area contributed by atoms with Crippen LogP contribution in [0.3, 0.4) is 0 Å². The van der Waals surface area contributed by atoms with Crippen LogP contribution >= 0.6 is 0 Å². The predicted molar refractivity (Wildman–Crippen MR) is 74.4 cm³/mol. The number of nitrogens with two attached hydrogens (primary N) is 1. The van der Waals surface area contributed by atoms with E-state index in [4.69, 9.17) is 10.5 Å². The van der Waals surface area contributed by atoms with Gasteiger partial charge in [0.25, 0.3) is 5.56 Å². The molecule has 1 aromatic rings. The summed E-state index contributed by atoms with van der Waals surface area (Å²) >= 11 is 0. The minimum Gasteiger partial charge on any atom is -0.378 e. The number of ether oxygens (including phenoxy) is 1. The maximum absolute atomic E-state index is 12.0. The summed E-state index contributed by atoms with van der Waals surface area (Å²) in [6, 6.07) is 1.63. The Morgan fingerprint density at radius 2 is 2.21 bits per heavy atom. The van der Waals surface area contributed by atoms with Crippen LogP contribution in [0, 0.1) is 0 Å². The quantitative estimate of drug-likeness (QED) is 0.824. The molecule has 0 bridgehead atoms. The number of morpholine rings is 1. The Morgan fingerprint density at radius 3 is 2.84 bits per heavy atom. The minimum atomic E-state index is -0.0875. The third-order valence-corrected chi connectivity index (χ3v) is 3.30. The molecule has 6 heteroatoms. The molecule has 0 saturated carbocycles. The van der Waals surface area contributed by atoms with Crippen LogP contribution in [0.4, 0.5) is 5.69 Å². The molecule has 0 radical (unpaired) electrons. The Morgan fingerprint density at radius 1 is 1.47 bits per heavy atom. The van der Waals surface area contributed by atoms with Gasteiger partial charge in [0.1, 0.15) is 0 Å². The number of anilines is 1. The summed E-state index contributed by atoms with van der Waals surface area (Å²) in [4.78, 5) is 14.1. The second kappa shape index (κ2) is 6.68. The van der Waals surface area contributed by atoms with Gasteiger partial charge in [-0.05, 0) is 6.42 Å². The molecule has 2 heterocycles. The van der Waals surface area contributed by atoms with E-state index in [2.05, 4.69) is 16.9 Å². The third kappa shape index (κ3) is 3.78. The zero-order valence-electron chi connectivity index (χ0n) is 11.4. The summed E-state index contributed by atoms with van der Waals surface area (Å²) in [6.45, 7) is 5.57. The van der Waals surface area contributed by atoms with Crippen molar-refractivity contribution < 1.29 is 4.74 Å². The molecule has 0 spiro atoms. The Hall–Kier alpha value is -1.40. The van der Waals surface area contributed by atoms with Gasteiger partial charge in [-0.15, -0.1) is 0 Å². The number of aromatic nitrogens is 2. The molecular formula is C13H22N4O2. The zero-order chi connectivity index (χ0) is 13.7. The molecule has 1 fully saturated rings. The van der Waals surface area contributed by atoms with Crippen LogP contribution in [0.2, 0.25) is 0 Å². The van der Waals surface area contributed by atoms with E-state index < -0.39 is 0 Å². The van der Waals surface area contributed by atoms with Gasteiger partial charge >= 0.3 is 0 Å². The van der Waals surface area contributed by atoms with E-state index in [9.17, 15) is 4.79 Å². The van der Waals surface area contributed by atoms with E-state index in [1.807, 2.05) is 0 Å². The maximum Gasteiger partial charge on any atom is 0.268 e. The predicted octanol–water partition coefficient (Wildman–Crippen LogP) is 0.207. The van der Waals surface area contributed by atoms with Gasteiger partial charge in [-0.3, -0.25) is 4.79 Å². The van der Waals surface area contributed by atoms with Crippen molar-refractivity contribution in [2.24, 2.45) is 5.73 Å². The molecule has 1 aromatic heterocycles. The van der Waals surface area contributed by atoms with Gasteiger partial charge in [0.15, 0.2) is 0 Å². The lowest BCUT2D eigenvalue weighted by atomic mass is 10.2. The molecule has 0 aliphatic carbocycles. The lowest BCUT2D eigenvalue weighted by Gasteiger charge is -2.28. The highest BCUT2D eigenvalue weighted by Gasteiger charge is 2.13. The molecule has 19 heavy (non-hydrogen) atoms. The van der Waals surface area contributed by atoms with Crippen molar-refractivity contribution >= 4 is 5.69 Å². The summed E-state index contributed by atoms with van der Waals surface area (Å²) in [5.74, 6) is 0. The second-order valence-corrected chi connectivity index (χ2v) is 4.88. The van der Waals surface area contributed by atoms with Gasteiger partial charge in [0, 0.05) is 25.2 Å². The van der Waals surface area contributed by atoms with Gasteiger partial charge < -0.3 is 15.4 Å². The lowest BCUT2D eigenvalue weighted by molar-refractivity contribution is 0.122. The van der Waals surface area contributed by atoms with E-state index >= 15 is 0 Å². The average molecular weight is 266 g/mol. The molecule has 1 saturated heterocycles. The van der Waals surface area contributed by atoms with Crippen molar-refractivity contribution in [2.75, 3.05) is 31.2 Å². The molecule has 2 rings (SSSR count). The fourth-order valence-corrected chi connectivity index (χ4v) is 2.24. The van der Waals surface area contributed by atoms with Crippen LogP contribution in [0.5, 0.6) is 0 Å². The van der Waals surface area contributed by atoms with E-state index in [0.29, 0.717) is 19.8 Å². The van der Waals surface area contributed by atoms with Crippen molar-refractivity contribution in [3.8, 4) is 0 Å². The molecule has 0 amide bonds. The van der Waals surface area contributed by atoms with Gasteiger partial charge in [0.05, 0.1) is 31.6 Å². The Kier molecular flexibility index (Phi) is 4.93. The first kappa shape index (κ1) is 14.0. The normalized spacial score (nSPS) is 17.5. The highest BCUT2D eigenvalue weighted by molar-refractivity contribution is 5.43. The molecule has 1 atom stereocenters. The summed E-state index contributed by atoms with van der Waals surface area (Å²) < 4.78 is 6.74. The van der Waals surface area contributed by atoms with E-state index in [1.165, 1.54) is 4.68 Å². The van der Waals surface area contributed by atoms with Gasteiger partial charge in [-0.25, -0.2) is 4.68 Å².